The van der Waals surface area contributed by atoms with Gasteiger partial charge >= 0.3 is 0 Å². The molecular formula is C12H18N4O. The van der Waals surface area contributed by atoms with Gasteiger partial charge in [-0.2, -0.15) is 0 Å². The molecule has 0 unspecified atom stereocenters. The van der Waals surface area contributed by atoms with Gasteiger partial charge in [0.25, 0.3) is 0 Å². The van der Waals surface area contributed by atoms with E-state index in [2.05, 4.69) is 9.88 Å². The number of nitrogens with two attached hydrogens (primary N) is 1. The van der Waals surface area contributed by atoms with Crippen LogP contribution in [0.3, 0.4) is 0 Å². The molecule has 0 aliphatic carbocycles. The quantitative estimate of drug-likeness (QED) is 0.774. The molecular weight excluding hydrogens is 216 g/mol. The Labute approximate surface area is 101 Å². The van der Waals surface area contributed by atoms with Crippen LogP contribution in [0.2, 0.25) is 0 Å². The van der Waals surface area contributed by atoms with Crippen molar-refractivity contribution >= 4 is 17.4 Å². The van der Waals surface area contributed by atoms with Crippen molar-refractivity contribution in [2.45, 2.75) is 13.8 Å². The Kier molecular flexibility index (Phi) is 3.17. The average Bonchev–Trinajstić information content (AvgIpc) is 2.29. The number of nitrogen functional groups attached to an aromatic ring is 1. The largest absolute Gasteiger partial charge is 0.396 e. The number of pyridine rings is 1. The fourth-order valence-corrected chi connectivity index (χ4v) is 2.08. The fourth-order valence-electron chi connectivity index (χ4n) is 2.08. The summed E-state index contributed by atoms with van der Waals surface area (Å²) in [6, 6.07) is 1.93. The lowest BCUT2D eigenvalue weighted by atomic mass is 10.2. The van der Waals surface area contributed by atoms with Crippen LogP contribution in [0.1, 0.15) is 12.5 Å². The molecule has 1 aliphatic rings. The standard InChI is InChI=1S/C12H18N4O/c1-9-7-11(13)12(14-8-9)16-5-3-15(4-6-16)10(2)17/h7-8H,3-6,13H2,1-2H3. The number of anilines is 2. The molecule has 2 N–H and O–H groups in total. The van der Waals surface area contributed by atoms with Crippen LogP contribution in [-0.4, -0.2) is 42.0 Å². The molecule has 2 rings (SSSR count). The molecule has 0 bridgehead atoms. The maximum atomic E-state index is 11.2. The summed E-state index contributed by atoms with van der Waals surface area (Å²) in [6.45, 7) is 6.64. The highest BCUT2D eigenvalue weighted by molar-refractivity contribution is 5.73. The van der Waals surface area contributed by atoms with E-state index in [1.54, 1.807) is 6.92 Å². The van der Waals surface area contributed by atoms with Gasteiger partial charge in [0.15, 0.2) is 5.82 Å². The van der Waals surface area contributed by atoms with Gasteiger partial charge in [-0.1, -0.05) is 0 Å². The maximum absolute atomic E-state index is 11.2. The second kappa shape index (κ2) is 4.61. The maximum Gasteiger partial charge on any atom is 0.219 e. The summed E-state index contributed by atoms with van der Waals surface area (Å²) in [7, 11) is 0. The minimum atomic E-state index is 0.134. The van der Waals surface area contributed by atoms with Crippen molar-refractivity contribution in [3.63, 3.8) is 0 Å². The SMILES string of the molecule is CC(=O)N1CCN(c2ncc(C)cc2N)CC1. The minimum Gasteiger partial charge on any atom is -0.396 e. The monoisotopic (exact) mass is 234 g/mol. The van der Waals surface area contributed by atoms with E-state index in [1.165, 1.54) is 0 Å². The molecule has 1 amide bonds. The van der Waals surface area contributed by atoms with Crippen LogP contribution in [0.25, 0.3) is 0 Å². The van der Waals surface area contributed by atoms with Gasteiger partial charge in [-0.25, -0.2) is 4.98 Å². The molecule has 1 saturated heterocycles. The molecule has 5 heteroatoms. The van der Waals surface area contributed by atoms with E-state index < -0.39 is 0 Å². The van der Waals surface area contributed by atoms with E-state index >= 15 is 0 Å². The van der Waals surface area contributed by atoms with Crippen molar-refractivity contribution in [2.75, 3.05) is 36.8 Å². The van der Waals surface area contributed by atoms with Crippen LogP contribution >= 0.6 is 0 Å². The van der Waals surface area contributed by atoms with Gasteiger partial charge in [-0.3, -0.25) is 4.79 Å². The lowest BCUT2D eigenvalue weighted by molar-refractivity contribution is -0.129. The van der Waals surface area contributed by atoms with Crippen molar-refractivity contribution in [3.05, 3.63) is 17.8 Å². The normalized spacial score (nSPS) is 16.1. The molecule has 0 spiro atoms. The molecule has 1 aromatic heterocycles. The predicted octanol–water partition coefficient (Wildman–Crippen LogP) is 0.641. The Morgan fingerprint density at radius 3 is 2.53 bits per heavy atom. The van der Waals surface area contributed by atoms with Crippen LogP contribution in [0, 0.1) is 6.92 Å². The summed E-state index contributed by atoms with van der Waals surface area (Å²) < 4.78 is 0. The molecule has 17 heavy (non-hydrogen) atoms. The van der Waals surface area contributed by atoms with Gasteiger partial charge in [0.2, 0.25) is 5.91 Å². The highest BCUT2D eigenvalue weighted by atomic mass is 16.2. The van der Waals surface area contributed by atoms with Gasteiger partial charge in [-0.15, -0.1) is 0 Å². The van der Waals surface area contributed by atoms with Gasteiger partial charge in [0.05, 0.1) is 5.69 Å². The summed E-state index contributed by atoms with van der Waals surface area (Å²) in [5.74, 6) is 0.966. The first-order valence-corrected chi connectivity index (χ1v) is 5.80. The molecule has 1 aliphatic heterocycles. The molecule has 5 nitrogen and oxygen atoms in total. The second-order valence-corrected chi connectivity index (χ2v) is 4.42. The fraction of sp³-hybridized carbons (Fsp3) is 0.500. The van der Waals surface area contributed by atoms with E-state index in [-0.39, 0.29) is 5.91 Å². The number of piperazine rings is 1. The summed E-state index contributed by atoms with van der Waals surface area (Å²) >= 11 is 0. The van der Waals surface area contributed by atoms with Crippen LogP contribution in [0.15, 0.2) is 12.3 Å². The van der Waals surface area contributed by atoms with Crippen LogP contribution < -0.4 is 10.6 Å². The first-order chi connectivity index (χ1) is 8.08. The van der Waals surface area contributed by atoms with Crippen LogP contribution in [-0.2, 0) is 4.79 Å². The second-order valence-electron chi connectivity index (χ2n) is 4.42. The molecule has 0 saturated carbocycles. The lowest BCUT2D eigenvalue weighted by Gasteiger charge is -2.35. The smallest absolute Gasteiger partial charge is 0.219 e. The van der Waals surface area contributed by atoms with Gasteiger partial charge in [-0.05, 0) is 18.6 Å². The molecule has 2 heterocycles. The summed E-state index contributed by atoms with van der Waals surface area (Å²) in [5.41, 5.74) is 7.74. The third-order valence-electron chi connectivity index (χ3n) is 3.06. The molecule has 0 aromatic carbocycles. The van der Waals surface area contributed by atoms with Crippen molar-refractivity contribution in [2.24, 2.45) is 0 Å². The van der Waals surface area contributed by atoms with Crippen LogP contribution in [0.5, 0.6) is 0 Å². The number of aryl methyl sites for hydroxylation is 1. The van der Waals surface area contributed by atoms with E-state index in [0.717, 1.165) is 37.6 Å². The number of hydrogen-bond donors (Lipinski definition) is 1. The third-order valence-corrected chi connectivity index (χ3v) is 3.06. The molecule has 1 aromatic rings. The molecule has 0 atom stereocenters. The zero-order chi connectivity index (χ0) is 12.4. The molecule has 0 radical (unpaired) electrons. The van der Waals surface area contributed by atoms with Crippen molar-refractivity contribution < 1.29 is 4.79 Å². The highest BCUT2D eigenvalue weighted by Gasteiger charge is 2.20. The summed E-state index contributed by atoms with van der Waals surface area (Å²) in [4.78, 5) is 19.6. The van der Waals surface area contributed by atoms with Gasteiger partial charge < -0.3 is 15.5 Å². The topological polar surface area (TPSA) is 62.5 Å². The van der Waals surface area contributed by atoms with E-state index in [1.807, 2.05) is 24.1 Å². The zero-order valence-corrected chi connectivity index (χ0v) is 10.3. The molecule has 92 valence electrons. The Balaban J connectivity index is 2.08. The molecule has 1 fully saturated rings. The van der Waals surface area contributed by atoms with Gasteiger partial charge in [0.1, 0.15) is 0 Å². The van der Waals surface area contributed by atoms with Crippen molar-refractivity contribution in [1.82, 2.24) is 9.88 Å². The number of nitrogens with zero attached hydrogens (tertiary/aromatic N) is 3. The minimum absolute atomic E-state index is 0.134. The van der Waals surface area contributed by atoms with Crippen LogP contribution in [0.4, 0.5) is 11.5 Å². The highest BCUT2D eigenvalue weighted by Crippen LogP contribution is 2.22. The average molecular weight is 234 g/mol. The number of amides is 1. The number of aromatic nitrogens is 1. The number of rotatable bonds is 1. The first kappa shape index (κ1) is 11.7. The van der Waals surface area contributed by atoms with Crippen molar-refractivity contribution in [1.29, 1.82) is 0 Å². The van der Waals surface area contributed by atoms with E-state index in [0.29, 0.717) is 5.69 Å². The third kappa shape index (κ3) is 2.49. The zero-order valence-electron chi connectivity index (χ0n) is 10.3. The number of hydrogen-bond acceptors (Lipinski definition) is 4. The Morgan fingerprint density at radius 1 is 1.35 bits per heavy atom. The van der Waals surface area contributed by atoms with E-state index in [4.69, 9.17) is 5.73 Å². The summed E-state index contributed by atoms with van der Waals surface area (Å²) in [6.07, 6.45) is 1.82. The van der Waals surface area contributed by atoms with Crippen molar-refractivity contribution in [3.8, 4) is 0 Å². The first-order valence-electron chi connectivity index (χ1n) is 5.80. The Hall–Kier alpha value is -1.78. The Bertz CT molecular complexity index is 425. The number of carbonyl (C=O) groups is 1. The van der Waals surface area contributed by atoms with E-state index in [9.17, 15) is 4.79 Å². The number of carbonyl (C=O) groups excluding carboxylic acids is 1. The predicted molar refractivity (Wildman–Crippen MR) is 67.9 cm³/mol. The van der Waals surface area contributed by atoms with Gasteiger partial charge in [0, 0.05) is 39.3 Å². The summed E-state index contributed by atoms with van der Waals surface area (Å²) in [5, 5.41) is 0. The Morgan fingerprint density at radius 2 is 2.00 bits per heavy atom. The lowest BCUT2D eigenvalue weighted by Crippen LogP contribution is -2.48.